The van der Waals surface area contributed by atoms with Crippen molar-refractivity contribution >= 4 is 21.4 Å². The highest BCUT2D eigenvalue weighted by atomic mass is 32.2. The van der Waals surface area contributed by atoms with Gasteiger partial charge in [-0.3, -0.25) is 10.1 Å². The van der Waals surface area contributed by atoms with Crippen LogP contribution in [0.4, 0.5) is 11.4 Å². The van der Waals surface area contributed by atoms with Crippen LogP contribution in [0.15, 0.2) is 41.3 Å². The zero-order chi connectivity index (χ0) is 17.9. The summed E-state index contributed by atoms with van der Waals surface area (Å²) in [5, 5.41) is 19.1. The fourth-order valence-electron chi connectivity index (χ4n) is 2.54. The lowest BCUT2D eigenvalue weighted by Crippen LogP contribution is -2.13. The van der Waals surface area contributed by atoms with Gasteiger partial charge in [0.25, 0.3) is 5.69 Å². The van der Waals surface area contributed by atoms with Crippen LogP contribution < -0.4 is 10.5 Å². The number of hydrogen-bond donors (Lipinski definition) is 2. The molecule has 0 aromatic heterocycles. The number of nitro benzene ring substituents is 1. The molecular weight excluding hydrogens is 330 g/mol. The number of anilines is 1. The van der Waals surface area contributed by atoms with Gasteiger partial charge in [-0.15, -0.1) is 0 Å². The summed E-state index contributed by atoms with van der Waals surface area (Å²) in [4.78, 5) is 10.2. The van der Waals surface area contributed by atoms with Crippen molar-refractivity contribution in [2.45, 2.75) is 25.2 Å². The lowest BCUT2D eigenvalue weighted by Gasteiger charge is -2.09. The highest BCUT2D eigenvalue weighted by Crippen LogP contribution is 2.27. The molecule has 0 saturated heterocycles. The molecule has 0 radical (unpaired) electrons. The Morgan fingerprint density at radius 3 is 2.29 bits per heavy atom. The zero-order valence-electron chi connectivity index (χ0n) is 13.4. The summed E-state index contributed by atoms with van der Waals surface area (Å²) >= 11 is 0. The molecule has 0 fully saturated rings. The fourth-order valence-corrected chi connectivity index (χ4v) is 3.08. The normalized spacial score (nSPS) is 11.3. The van der Waals surface area contributed by atoms with Crippen LogP contribution in [0.1, 0.15) is 16.7 Å². The first-order valence-corrected chi connectivity index (χ1v) is 8.84. The van der Waals surface area contributed by atoms with Gasteiger partial charge < -0.3 is 5.32 Å². The van der Waals surface area contributed by atoms with Crippen LogP contribution in [0.5, 0.6) is 0 Å². The standard InChI is InChI=1S/C16H19N3O4S/c1-11-7-12(2)9-13(8-11)5-6-18-15-4-3-14(24(17,22)23)10-16(15)19(20)21/h3-4,7-10,18H,5-6H2,1-2H3,(H2,17,22,23). The molecule has 2 aromatic carbocycles. The third kappa shape index (κ3) is 4.53. The quantitative estimate of drug-likeness (QED) is 0.614. The van der Waals surface area contributed by atoms with Crippen LogP contribution >= 0.6 is 0 Å². The molecule has 0 amide bonds. The third-order valence-electron chi connectivity index (χ3n) is 3.51. The number of rotatable bonds is 6. The van der Waals surface area contributed by atoms with Crippen LogP contribution in [0.25, 0.3) is 0 Å². The molecule has 128 valence electrons. The minimum absolute atomic E-state index is 0.261. The topological polar surface area (TPSA) is 115 Å². The zero-order valence-corrected chi connectivity index (χ0v) is 14.3. The van der Waals surface area contributed by atoms with Gasteiger partial charge in [0, 0.05) is 12.6 Å². The maximum Gasteiger partial charge on any atom is 0.293 e. The summed E-state index contributed by atoms with van der Waals surface area (Å²) in [6.45, 7) is 4.51. The van der Waals surface area contributed by atoms with Crippen molar-refractivity contribution in [1.82, 2.24) is 0 Å². The Hall–Kier alpha value is -2.45. The van der Waals surface area contributed by atoms with E-state index in [1.54, 1.807) is 0 Å². The SMILES string of the molecule is Cc1cc(C)cc(CCNc2ccc(S(N)(=O)=O)cc2[N+](=O)[O-])c1. The lowest BCUT2D eigenvalue weighted by molar-refractivity contribution is -0.384. The molecule has 0 aliphatic heterocycles. The number of nitrogens with two attached hydrogens (primary N) is 1. The lowest BCUT2D eigenvalue weighted by atomic mass is 10.1. The molecule has 0 bridgehead atoms. The van der Waals surface area contributed by atoms with Gasteiger partial charge in [-0.05, 0) is 38.0 Å². The second kappa shape index (κ2) is 6.98. The Bertz CT molecular complexity index is 859. The Morgan fingerprint density at radius 2 is 1.75 bits per heavy atom. The maximum atomic E-state index is 11.3. The monoisotopic (exact) mass is 349 g/mol. The Labute approximate surface area is 140 Å². The van der Waals surface area contributed by atoms with Crippen molar-refractivity contribution in [3.05, 3.63) is 63.2 Å². The largest absolute Gasteiger partial charge is 0.379 e. The molecule has 0 atom stereocenters. The van der Waals surface area contributed by atoms with Gasteiger partial charge in [0.15, 0.2) is 0 Å². The van der Waals surface area contributed by atoms with Gasteiger partial charge in [0.2, 0.25) is 10.0 Å². The maximum absolute atomic E-state index is 11.3. The number of sulfonamides is 1. The van der Waals surface area contributed by atoms with Crippen molar-refractivity contribution in [2.75, 3.05) is 11.9 Å². The molecule has 0 heterocycles. The first-order chi connectivity index (χ1) is 11.2. The van der Waals surface area contributed by atoms with E-state index in [1.165, 1.54) is 12.1 Å². The minimum atomic E-state index is -3.98. The van der Waals surface area contributed by atoms with Gasteiger partial charge in [-0.1, -0.05) is 29.3 Å². The predicted molar refractivity (Wildman–Crippen MR) is 92.6 cm³/mol. The molecule has 8 heteroatoms. The van der Waals surface area contributed by atoms with E-state index in [0.29, 0.717) is 13.0 Å². The molecule has 3 N–H and O–H groups in total. The summed E-state index contributed by atoms with van der Waals surface area (Å²) < 4.78 is 22.6. The van der Waals surface area contributed by atoms with Crippen LogP contribution in [-0.4, -0.2) is 19.9 Å². The molecule has 0 aliphatic rings. The van der Waals surface area contributed by atoms with E-state index >= 15 is 0 Å². The second-order valence-electron chi connectivity index (χ2n) is 5.65. The summed E-state index contributed by atoms with van der Waals surface area (Å²) in [7, 11) is -3.98. The van der Waals surface area contributed by atoms with Crippen molar-refractivity contribution < 1.29 is 13.3 Å². The van der Waals surface area contributed by atoms with E-state index in [2.05, 4.69) is 23.5 Å². The molecule has 24 heavy (non-hydrogen) atoms. The summed E-state index contributed by atoms with van der Waals surface area (Å²) in [5.41, 5.74) is 3.39. The van der Waals surface area contributed by atoms with Crippen LogP contribution in [0.2, 0.25) is 0 Å². The molecule has 0 unspecified atom stereocenters. The molecule has 7 nitrogen and oxygen atoms in total. The molecule has 0 aliphatic carbocycles. The third-order valence-corrected chi connectivity index (χ3v) is 4.42. The van der Waals surface area contributed by atoms with E-state index in [0.717, 1.165) is 22.8 Å². The second-order valence-corrected chi connectivity index (χ2v) is 7.22. The predicted octanol–water partition coefficient (Wildman–Crippen LogP) is 2.51. The number of primary sulfonamides is 1. The van der Waals surface area contributed by atoms with E-state index in [9.17, 15) is 18.5 Å². The molecule has 2 rings (SSSR count). The number of nitro groups is 1. The van der Waals surface area contributed by atoms with Crippen molar-refractivity contribution in [1.29, 1.82) is 0 Å². The van der Waals surface area contributed by atoms with Crippen molar-refractivity contribution in [3.63, 3.8) is 0 Å². The van der Waals surface area contributed by atoms with Crippen LogP contribution in [0.3, 0.4) is 0 Å². The number of benzene rings is 2. The summed E-state index contributed by atoms with van der Waals surface area (Å²) in [6, 6.07) is 9.78. The average Bonchev–Trinajstić information content (AvgIpc) is 2.45. The summed E-state index contributed by atoms with van der Waals surface area (Å²) in [5.74, 6) is 0. The van der Waals surface area contributed by atoms with Gasteiger partial charge >= 0.3 is 0 Å². The van der Waals surface area contributed by atoms with E-state index in [1.807, 2.05) is 13.8 Å². The smallest absolute Gasteiger partial charge is 0.293 e. The number of nitrogens with one attached hydrogen (secondary N) is 1. The molecule has 0 spiro atoms. The van der Waals surface area contributed by atoms with Gasteiger partial charge in [-0.25, -0.2) is 13.6 Å². The van der Waals surface area contributed by atoms with E-state index in [4.69, 9.17) is 5.14 Å². The highest BCUT2D eigenvalue weighted by molar-refractivity contribution is 7.89. The van der Waals surface area contributed by atoms with Crippen molar-refractivity contribution in [2.24, 2.45) is 5.14 Å². The first kappa shape index (κ1) is 17.9. The summed E-state index contributed by atoms with van der Waals surface area (Å²) in [6.07, 6.45) is 0.691. The average molecular weight is 349 g/mol. The van der Waals surface area contributed by atoms with Gasteiger partial charge in [-0.2, -0.15) is 0 Å². The molecule has 2 aromatic rings. The number of aryl methyl sites for hydroxylation is 2. The van der Waals surface area contributed by atoms with Crippen LogP contribution in [0, 0.1) is 24.0 Å². The Morgan fingerprint density at radius 1 is 1.12 bits per heavy atom. The highest BCUT2D eigenvalue weighted by Gasteiger charge is 2.18. The number of hydrogen-bond acceptors (Lipinski definition) is 5. The van der Waals surface area contributed by atoms with E-state index < -0.39 is 14.9 Å². The number of nitrogens with zero attached hydrogens (tertiary/aromatic N) is 1. The minimum Gasteiger partial charge on any atom is -0.379 e. The first-order valence-electron chi connectivity index (χ1n) is 7.29. The Kier molecular flexibility index (Phi) is 5.20. The molecule has 0 saturated carbocycles. The van der Waals surface area contributed by atoms with Crippen LogP contribution in [-0.2, 0) is 16.4 Å². The molecular formula is C16H19N3O4S. The van der Waals surface area contributed by atoms with E-state index in [-0.39, 0.29) is 16.3 Å². The Balaban J connectivity index is 2.16. The fraction of sp³-hybridized carbons (Fsp3) is 0.250. The van der Waals surface area contributed by atoms with Gasteiger partial charge in [0.05, 0.1) is 9.82 Å². The van der Waals surface area contributed by atoms with Crippen molar-refractivity contribution in [3.8, 4) is 0 Å². The van der Waals surface area contributed by atoms with Gasteiger partial charge in [0.1, 0.15) is 5.69 Å².